The summed E-state index contributed by atoms with van der Waals surface area (Å²) in [5.41, 5.74) is 0.893. The highest BCUT2D eigenvalue weighted by atomic mass is 16.5. The number of carbonyl (C=O) groups is 1. The van der Waals surface area contributed by atoms with Gasteiger partial charge in [0.2, 0.25) is 5.91 Å². The van der Waals surface area contributed by atoms with Gasteiger partial charge in [0.1, 0.15) is 0 Å². The van der Waals surface area contributed by atoms with Crippen molar-refractivity contribution in [3.63, 3.8) is 0 Å². The molecule has 0 saturated heterocycles. The zero-order chi connectivity index (χ0) is 14.8. The number of unbranched alkanes of at least 4 members (excludes halogenated alkanes) is 2. The maximum absolute atomic E-state index is 11.6. The summed E-state index contributed by atoms with van der Waals surface area (Å²) in [6.45, 7) is 2.25. The van der Waals surface area contributed by atoms with Gasteiger partial charge in [-0.15, -0.1) is 11.8 Å². The van der Waals surface area contributed by atoms with E-state index >= 15 is 0 Å². The molecule has 4 heteroatoms. The van der Waals surface area contributed by atoms with E-state index in [1.807, 2.05) is 6.92 Å². The molecule has 4 nitrogen and oxygen atoms in total. The molecule has 1 aromatic carbocycles. The van der Waals surface area contributed by atoms with E-state index in [0.29, 0.717) is 18.7 Å². The zero-order valence-electron chi connectivity index (χ0n) is 12.0. The molecule has 0 heterocycles. The van der Waals surface area contributed by atoms with Crippen molar-refractivity contribution in [3.8, 4) is 23.3 Å². The van der Waals surface area contributed by atoms with Gasteiger partial charge < -0.3 is 15.2 Å². The first-order chi connectivity index (χ1) is 9.67. The average Bonchev–Trinajstić information content (AvgIpc) is 2.46. The molecular formula is C16H21NO3. The maximum Gasteiger partial charge on any atom is 0.220 e. The van der Waals surface area contributed by atoms with Crippen molar-refractivity contribution in [1.82, 2.24) is 5.32 Å². The van der Waals surface area contributed by atoms with Gasteiger partial charge >= 0.3 is 0 Å². The quantitative estimate of drug-likeness (QED) is 0.594. The van der Waals surface area contributed by atoms with Crippen LogP contribution in [0.15, 0.2) is 18.2 Å². The Bertz CT molecular complexity index is 500. The summed E-state index contributed by atoms with van der Waals surface area (Å²) in [6.07, 6.45) is 3.15. The standard InChI is InChI=1S/C16H21NO3/c1-3-4-5-6-7-8-16(19)17-12-13-9-10-14(18)15(11-13)20-2/h9-11,18H,5-8,12H2,1-2H3,(H,17,19). The molecule has 0 aliphatic carbocycles. The Morgan fingerprint density at radius 1 is 1.40 bits per heavy atom. The van der Waals surface area contributed by atoms with Gasteiger partial charge in [-0.3, -0.25) is 4.79 Å². The second-order valence-corrected chi connectivity index (χ2v) is 4.42. The lowest BCUT2D eigenvalue weighted by molar-refractivity contribution is -0.121. The highest BCUT2D eigenvalue weighted by Crippen LogP contribution is 2.26. The minimum Gasteiger partial charge on any atom is -0.504 e. The van der Waals surface area contributed by atoms with Crippen LogP contribution in [0.3, 0.4) is 0 Å². The molecule has 1 rings (SSSR count). The van der Waals surface area contributed by atoms with Gasteiger partial charge in [0.15, 0.2) is 11.5 Å². The molecule has 0 aliphatic heterocycles. The summed E-state index contributed by atoms with van der Waals surface area (Å²) in [7, 11) is 1.50. The Labute approximate surface area is 120 Å². The van der Waals surface area contributed by atoms with Gasteiger partial charge in [0.25, 0.3) is 0 Å². The van der Waals surface area contributed by atoms with Crippen LogP contribution in [0.1, 0.15) is 38.2 Å². The molecule has 1 amide bonds. The molecule has 20 heavy (non-hydrogen) atoms. The summed E-state index contributed by atoms with van der Waals surface area (Å²) in [4.78, 5) is 11.6. The predicted molar refractivity (Wildman–Crippen MR) is 78.4 cm³/mol. The van der Waals surface area contributed by atoms with E-state index in [9.17, 15) is 9.90 Å². The number of carbonyl (C=O) groups excluding carboxylic acids is 1. The molecule has 0 aromatic heterocycles. The van der Waals surface area contributed by atoms with E-state index in [0.717, 1.165) is 24.8 Å². The minimum atomic E-state index is 0.0292. The fourth-order valence-electron chi connectivity index (χ4n) is 1.74. The molecule has 1 aromatic rings. The van der Waals surface area contributed by atoms with E-state index in [4.69, 9.17) is 4.74 Å². The van der Waals surface area contributed by atoms with Crippen LogP contribution in [0.4, 0.5) is 0 Å². The highest BCUT2D eigenvalue weighted by molar-refractivity contribution is 5.75. The maximum atomic E-state index is 11.6. The first-order valence-corrected chi connectivity index (χ1v) is 6.69. The van der Waals surface area contributed by atoms with Crippen molar-refractivity contribution in [3.05, 3.63) is 23.8 Å². The van der Waals surface area contributed by atoms with E-state index in [2.05, 4.69) is 17.2 Å². The Hall–Kier alpha value is -2.15. The predicted octanol–water partition coefficient (Wildman–Crippen LogP) is 2.60. The molecule has 0 unspecified atom stereocenters. The average molecular weight is 275 g/mol. The van der Waals surface area contributed by atoms with Crippen LogP contribution in [0.5, 0.6) is 11.5 Å². The zero-order valence-corrected chi connectivity index (χ0v) is 12.0. The van der Waals surface area contributed by atoms with Crippen molar-refractivity contribution in [2.75, 3.05) is 7.11 Å². The number of ether oxygens (including phenoxy) is 1. The molecular weight excluding hydrogens is 254 g/mol. The van der Waals surface area contributed by atoms with Crippen molar-refractivity contribution in [2.45, 2.75) is 39.2 Å². The van der Waals surface area contributed by atoms with Gasteiger partial charge in [-0.25, -0.2) is 0 Å². The van der Waals surface area contributed by atoms with Gasteiger partial charge in [0.05, 0.1) is 7.11 Å². The van der Waals surface area contributed by atoms with Gasteiger partial charge in [-0.2, -0.15) is 0 Å². The first-order valence-electron chi connectivity index (χ1n) is 6.69. The molecule has 0 saturated carbocycles. The molecule has 108 valence electrons. The van der Waals surface area contributed by atoms with Crippen molar-refractivity contribution < 1.29 is 14.6 Å². The number of phenols is 1. The van der Waals surface area contributed by atoms with Crippen molar-refractivity contribution >= 4 is 5.91 Å². The normalized spacial score (nSPS) is 9.50. The number of benzene rings is 1. The summed E-state index contributed by atoms with van der Waals surface area (Å²) >= 11 is 0. The van der Waals surface area contributed by atoms with Crippen LogP contribution in [0, 0.1) is 11.8 Å². The van der Waals surface area contributed by atoms with Crippen molar-refractivity contribution in [2.24, 2.45) is 0 Å². The smallest absolute Gasteiger partial charge is 0.220 e. The third-order valence-electron chi connectivity index (χ3n) is 2.87. The summed E-state index contributed by atoms with van der Waals surface area (Å²) in [6, 6.07) is 5.03. The lowest BCUT2D eigenvalue weighted by Crippen LogP contribution is -2.22. The fourth-order valence-corrected chi connectivity index (χ4v) is 1.74. The Kier molecular flexibility index (Phi) is 7.05. The number of phenolic OH excluding ortho intramolecular Hbond substituents is 1. The Balaban J connectivity index is 2.31. The van der Waals surface area contributed by atoms with Gasteiger partial charge in [-0.05, 0) is 37.5 Å². The van der Waals surface area contributed by atoms with Crippen LogP contribution >= 0.6 is 0 Å². The molecule has 0 radical (unpaired) electrons. The SMILES string of the molecule is CC#CCCCCC(=O)NCc1ccc(O)c(OC)c1. The van der Waals surface area contributed by atoms with E-state index in [1.54, 1.807) is 18.2 Å². The number of nitrogens with one attached hydrogen (secondary N) is 1. The summed E-state index contributed by atoms with van der Waals surface area (Å²) < 4.78 is 5.02. The number of amides is 1. The Morgan fingerprint density at radius 3 is 2.90 bits per heavy atom. The lowest BCUT2D eigenvalue weighted by Gasteiger charge is -2.08. The van der Waals surface area contributed by atoms with Crippen LogP contribution in [0.25, 0.3) is 0 Å². The summed E-state index contributed by atoms with van der Waals surface area (Å²) in [5, 5.41) is 12.3. The lowest BCUT2D eigenvalue weighted by atomic mass is 10.1. The largest absolute Gasteiger partial charge is 0.504 e. The third kappa shape index (κ3) is 5.66. The van der Waals surface area contributed by atoms with Gasteiger partial charge in [-0.1, -0.05) is 6.07 Å². The number of hydrogen-bond donors (Lipinski definition) is 2. The molecule has 0 atom stereocenters. The van der Waals surface area contributed by atoms with E-state index in [1.165, 1.54) is 7.11 Å². The van der Waals surface area contributed by atoms with E-state index < -0.39 is 0 Å². The fraction of sp³-hybridized carbons (Fsp3) is 0.438. The molecule has 0 fully saturated rings. The first kappa shape index (κ1) is 15.9. The number of rotatable bonds is 7. The van der Waals surface area contributed by atoms with Crippen LogP contribution in [-0.4, -0.2) is 18.1 Å². The second kappa shape index (κ2) is 8.87. The highest BCUT2D eigenvalue weighted by Gasteiger charge is 2.04. The van der Waals surface area contributed by atoms with Crippen LogP contribution in [0.2, 0.25) is 0 Å². The second-order valence-electron chi connectivity index (χ2n) is 4.42. The molecule has 2 N–H and O–H groups in total. The van der Waals surface area contributed by atoms with Gasteiger partial charge in [0, 0.05) is 19.4 Å². The summed E-state index contributed by atoms with van der Waals surface area (Å²) in [5.74, 6) is 6.35. The number of aromatic hydroxyl groups is 1. The van der Waals surface area contributed by atoms with Crippen LogP contribution in [-0.2, 0) is 11.3 Å². The minimum absolute atomic E-state index is 0.0292. The molecule has 0 aliphatic rings. The molecule has 0 bridgehead atoms. The topological polar surface area (TPSA) is 58.6 Å². The number of hydrogen-bond acceptors (Lipinski definition) is 3. The monoisotopic (exact) mass is 275 g/mol. The van der Waals surface area contributed by atoms with E-state index in [-0.39, 0.29) is 11.7 Å². The molecule has 0 spiro atoms. The Morgan fingerprint density at radius 2 is 2.20 bits per heavy atom. The van der Waals surface area contributed by atoms with Crippen LogP contribution < -0.4 is 10.1 Å². The number of methoxy groups -OCH3 is 1. The van der Waals surface area contributed by atoms with Crippen molar-refractivity contribution in [1.29, 1.82) is 0 Å². The third-order valence-corrected chi connectivity index (χ3v) is 2.87.